The largest absolute Gasteiger partial charge is 0.462 e. The first-order valence-corrected chi connectivity index (χ1v) is 6.64. The molecule has 0 aliphatic rings. The first-order chi connectivity index (χ1) is 10.6. The minimum Gasteiger partial charge on any atom is -0.462 e. The van der Waals surface area contributed by atoms with E-state index < -0.39 is 5.97 Å². The number of carbonyl (C=O) groups is 3. The summed E-state index contributed by atoms with van der Waals surface area (Å²) < 4.78 is 4.86. The third kappa shape index (κ3) is 5.26. The molecule has 0 saturated carbocycles. The van der Waals surface area contributed by atoms with Gasteiger partial charge < -0.3 is 9.64 Å². The van der Waals surface area contributed by atoms with Crippen molar-refractivity contribution < 1.29 is 19.1 Å². The van der Waals surface area contributed by atoms with Crippen LogP contribution in [-0.2, 0) is 14.3 Å². The highest BCUT2D eigenvalue weighted by Gasteiger charge is 2.10. The lowest BCUT2D eigenvalue weighted by Gasteiger charge is -2.17. The minimum absolute atomic E-state index is 0.0807. The van der Waals surface area contributed by atoms with Gasteiger partial charge in [-0.1, -0.05) is 5.11 Å². The Labute approximate surface area is 127 Å². The smallest absolute Gasteiger partial charge is 0.338 e. The Morgan fingerprint density at radius 1 is 1.36 bits per heavy atom. The van der Waals surface area contributed by atoms with Gasteiger partial charge in [-0.3, -0.25) is 9.59 Å². The zero-order valence-corrected chi connectivity index (χ0v) is 12.1. The highest BCUT2D eigenvalue weighted by atomic mass is 16.5. The topological polar surface area (TPSA) is 112 Å². The maximum atomic E-state index is 11.5. The molecular weight excluding hydrogens is 288 g/mol. The van der Waals surface area contributed by atoms with Crippen molar-refractivity contribution in [3.05, 3.63) is 40.3 Å². The summed E-state index contributed by atoms with van der Waals surface area (Å²) in [5.41, 5.74) is 9.07. The Morgan fingerprint density at radius 2 is 2.05 bits per heavy atom. The number of hydrogen-bond acceptors (Lipinski definition) is 5. The molecule has 1 aromatic rings. The number of carbonyl (C=O) groups excluding carboxylic acids is 3. The highest BCUT2D eigenvalue weighted by molar-refractivity contribution is 5.90. The third-order valence-corrected chi connectivity index (χ3v) is 2.78. The first kappa shape index (κ1) is 17.2. The van der Waals surface area contributed by atoms with Crippen molar-refractivity contribution in [1.82, 2.24) is 0 Å². The summed E-state index contributed by atoms with van der Waals surface area (Å²) in [4.78, 5) is 37.9. The van der Waals surface area contributed by atoms with E-state index in [9.17, 15) is 14.4 Å². The van der Waals surface area contributed by atoms with Crippen molar-refractivity contribution in [3.8, 4) is 0 Å². The molecule has 0 aliphatic carbocycles. The molecule has 0 aromatic heterocycles. The van der Waals surface area contributed by atoms with E-state index >= 15 is 0 Å². The Morgan fingerprint density at radius 3 is 2.59 bits per heavy atom. The van der Waals surface area contributed by atoms with Gasteiger partial charge in [0.05, 0.1) is 18.7 Å². The van der Waals surface area contributed by atoms with Crippen LogP contribution >= 0.6 is 0 Å². The van der Waals surface area contributed by atoms with E-state index in [1.54, 1.807) is 31.2 Å². The fourth-order valence-corrected chi connectivity index (χ4v) is 1.68. The highest BCUT2D eigenvalue weighted by Crippen LogP contribution is 2.15. The van der Waals surface area contributed by atoms with Crippen molar-refractivity contribution in [3.63, 3.8) is 0 Å². The molecule has 0 bridgehead atoms. The first-order valence-electron chi connectivity index (χ1n) is 6.64. The lowest BCUT2D eigenvalue weighted by molar-refractivity contribution is -0.117. The zero-order valence-electron chi connectivity index (χ0n) is 12.1. The normalized spacial score (nSPS) is 9.50. The van der Waals surface area contributed by atoms with Gasteiger partial charge in [-0.2, -0.15) is 0 Å². The molecule has 0 heterocycles. The summed E-state index contributed by atoms with van der Waals surface area (Å²) in [7, 11) is 0. The van der Waals surface area contributed by atoms with E-state index in [-0.39, 0.29) is 31.9 Å². The van der Waals surface area contributed by atoms with Crippen molar-refractivity contribution >= 4 is 23.9 Å². The summed E-state index contributed by atoms with van der Waals surface area (Å²) >= 11 is 0. The molecule has 1 amide bonds. The fraction of sp³-hybridized carbons (Fsp3) is 0.357. The van der Waals surface area contributed by atoms with Crippen LogP contribution in [0.1, 0.15) is 23.7 Å². The van der Waals surface area contributed by atoms with Crippen LogP contribution in [0.2, 0.25) is 0 Å². The van der Waals surface area contributed by atoms with Crippen LogP contribution in [0.25, 0.3) is 10.4 Å². The van der Waals surface area contributed by atoms with Gasteiger partial charge in [0.2, 0.25) is 6.41 Å². The molecule has 8 heteroatoms. The van der Waals surface area contributed by atoms with Gasteiger partial charge in [-0.05, 0) is 36.7 Å². The Balaban J connectivity index is 2.67. The standard InChI is InChI=1S/C14H16N4O4/c1-2-22-14(21)11-3-5-12(6-4-11)18(10-19)8-7-13(20)9-16-17-15/h3-6,10H,2,7-9H2,1H3. The Kier molecular flexibility index (Phi) is 7.15. The SMILES string of the molecule is CCOC(=O)c1ccc(N(C=O)CCC(=O)CN=[N+]=[N-])cc1. The Hall–Kier alpha value is -2.86. The molecule has 0 atom stereocenters. The van der Waals surface area contributed by atoms with E-state index in [1.807, 2.05) is 0 Å². The number of hydrogen-bond donors (Lipinski definition) is 0. The zero-order chi connectivity index (χ0) is 16.4. The Bertz CT molecular complexity index is 579. The maximum Gasteiger partial charge on any atom is 0.338 e. The molecule has 116 valence electrons. The van der Waals surface area contributed by atoms with Crippen LogP contribution < -0.4 is 4.90 Å². The van der Waals surface area contributed by atoms with Gasteiger partial charge in [0.15, 0.2) is 0 Å². The molecule has 0 N–H and O–H groups in total. The number of esters is 1. The predicted molar refractivity (Wildman–Crippen MR) is 79.4 cm³/mol. The number of ketones is 1. The number of azide groups is 1. The molecule has 0 unspecified atom stereocenters. The number of benzene rings is 1. The molecule has 0 aliphatic heterocycles. The van der Waals surface area contributed by atoms with Gasteiger partial charge in [0.1, 0.15) is 5.78 Å². The quantitative estimate of drug-likeness (QED) is 0.228. The number of amides is 1. The second-order valence-electron chi connectivity index (χ2n) is 4.24. The molecule has 0 radical (unpaired) electrons. The number of Topliss-reactive ketones (excluding diaryl/α,β-unsaturated/α-hetero) is 1. The second-order valence-corrected chi connectivity index (χ2v) is 4.24. The average molecular weight is 304 g/mol. The summed E-state index contributed by atoms with van der Waals surface area (Å²) in [6, 6.07) is 6.29. The van der Waals surface area contributed by atoms with E-state index in [2.05, 4.69) is 10.0 Å². The fourth-order valence-electron chi connectivity index (χ4n) is 1.68. The second kappa shape index (κ2) is 9.15. The van der Waals surface area contributed by atoms with Crippen molar-refractivity contribution in [2.75, 3.05) is 24.6 Å². The predicted octanol–water partition coefficient (Wildman–Crippen LogP) is 2.10. The lowest BCUT2D eigenvalue weighted by atomic mass is 10.2. The molecule has 1 aromatic carbocycles. The van der Waals surface area contributed by atoms with E-state index in [0.717, 1.165) is 0 Å². The van der Waals surface area contributed by atoms with Gasteiger partial charge in [-0.25, -0.2) is 4.79 Å². The van der Waals surface area contributed by atoms with Crippen molar-refractivity contribution in [2.24, 2.45) is 5.11 Å². The van der Waals surface area contributed by atoms with Gasteiger partial charge in [0.25, 0.3) is 0 Å². The van der Waals surface area contributed by atoms with Crippen molar-refractivity contribution in [2.45, 2.75) is 13.3 Å². The third-order valence-electron chi connectivity index (χ3n) is 2.78. The summed E-state index contributed by atoms with van der Waals surface area (Å²) in [5.74, 6) is -0.691. The molecular formula is C14H16N4O4. The van der Waals surface area contributed by atoms with Crippen LogP contribution in [0.3, 0.4) is 0 Å². The number of anilines is 1. The van der Waals surface area contributed by atoms with Crippen LogP contribution in [0.5, 0.6) is 0 Å². The minimum atomic E-state index is -0.434. The molecule has 0 spiro atoms. The summed E-state index contributed by atoms with van der Waals surface area (Å²) in [6.45, 7) is 1.94. The van der Waals surface area contributed by atoms with Crippen LogP contribution in [-0.4, -0.2) is 37.9 Å². The van der Waals surface area contributed by atoms with Gasteiger partial charge in [0, 0.05) is 23.6 Å². The van der Waals surface area contributed by atoms with E-state index in [4.69, 9.17) is 10.3 Å². The number of ether oxygens (including phenoxy) is 1. The molecule has 0 saturated heterocycles. The molecule has 22 heavy (non-hydrogen) atoms. The summed E-state index contributed by atoms with van der Waals surface area (Å²) in [5, 5.41) is 3.17. The average Bonchev–Trinajstić information content (AvgIpc) is 2.54. The molecule has 1 rings (SSSR count). The van der Waals surface area contributed by atoms with E-state index in [1.165, 1.54) is 4.90 Å². The maximum absolute atomic E-state index is 11.5. The molecule has 0 fully saturated rings. The van der Waals surface area contributed by atoms with Gasteiger partial charge >= 0.3 is 5.97 Å². The summed E-state index contributed by atoms with van der Waals surface area (Å²) in [6.07, 6.45) is 0.678. The number of nitrogens with zero attached hydrogens (tertiary/aromatic N) is 4. The van der Waals surface area contributed by atoms with E-state index in [0.29, 0.717) is 17.7 Å². The van der Waals surface area contributed by atoms with Crippen LogP contribution in [0, 0.1) is 0 Å². The van der Waals surface area contributed by atoms with Crippen LogP contribution in [0.4, 0.5) is 5.69 Å². The monoisotopic (exact) mass is 304 g/mol. The molecule has 8 nitrogen and oxygen atoms in total. The van der Waals surface area contributed by atoms with Gasteiger partial charge in [-0.15, -0.1) is 0 Å². The van der Waals surface area contributed by atoms with Crippen molar-refractivity contribution in [1.29, 1.82) is 0 Å². The number of rotatable bonds is 9. The lowest BCUT2D eigenvalue weighted by Crippen LogP contribution is -2.25. The van der Waals surface area contributed by atoms with Crippen LogP contribution in [0.15, 0.2) is 29.4 Å².